The Labute approximate surface area is 95.3 Å². The minimum atomic E-state index is -0.625. The molecule has 4 heteroatoms. The number of nitrogens with zero attached hydrogens (tertiary/aromatic N) is 2. The third-order valence-electron chi connectivity index (χ3n) is 2.35. The molecule has 0 saturated carbocycles. The zero-order valence-electron chi connectivity index (χ0n) is 9.69. The number of anilines is 1. The Bertz CT molecular complexity index is 421. The third kappa shape index (κ3) is 2.80. The standard InChI is InChI=1S/C12H15N3O/c1-8(2)10(7-13)12(16)15-11-5-4-6-14-9(11)3/h4-6,8,10H,1-3H3,(H,15,16). The Morgan fingerprint density at radius 1 is 1.56 bits per heavy atom. The Morgan fingerprint density at radius 2 is 2.25 bits per heavy atom. The largest absolute Gasteiger partial charge is 0.323 e. The Kier molecular flexibility index (Phi) is 4.01. The summed E-state index contributed by atoms with van der Waals surface area (Å²) >= 11 is 0. The van der Waals surface area contributed by atoms with E-state index in [1.807, 2.05) is 26.8 Å². The first-order valence-corrected chi connectivity index (χ1v) is 5.18. The second-order valence-corrected chi connectivity index (χ2v) is 3.98. The Hall–Kier alpha value is -1.89. The molecule has 1 aromatic heterocycles. The first-order valence-electron chi connectivity index (χ1n) is 5.18. The molecule has 0 aliphatic heterocycles. The number of aromatic nitrogens is 1. The monoisotopic (exact) mass is 217 g/mol. The SMILES string of the molecule is Cc1ncccc1NC(=O)C(C#N)C(C)C. The molecule has 0 spiro atoms. The smallest absolute Gasteiger partial charge is 0.242 e. The van der Waals surface area contributed by atoms with Crippen LogP contribution in [-0.2, 0) is 4.79 Å². The van der Waals surface area contributed by atoms with Crippen molar-refractivity contribution < 1.29 is 4.79 Å². The lowest BCUT2D eigenvalue weighted by Gasteiger charge is -2.13. The first kappa shape index (κ1) is 12.2. The number of carbonyl (C=O) groups is 1. The van der Waals surface area contributed by atoms with Gasteiger partial charge in [-0.3, -0.25) is 9.78 Å². The number of rotatable bonds is 3. The Balaban J connectivity index is 2.79. The van der Waals surface area contributed by atoms with Crippen molar-refractivity contribution in [1.29, 1.82) is 5.26 Å². The van der Waals surface area contributed by atoms with Crippen LogP contribution in [0, 0.1) is 30.1 Å². The van der Waals surface area contributed by atoms with E-state index in [0.29, 0.717) is 5.69 Å². The van der Waals surface area contributed by atoms with Crippen LogP contribution in [0.25, 0.3) is 0 Å². The number of nitrogens with one attached hydrogen (secondary N) is 1. The number of amides is 1. The van der Waals surface area contributed by atoms with Gasteiger partial charge < -0.3 is 5.32 Å². The summed E-state index contributed by atoms with van der Waals surface area (Å²) in [6.07, 6.45) is 1.66. The van der Waals surface area contributed by atoms with Gasteiger partial charge in [0.15, 0.2) is 0 Å². The fourth-order valence-corrected chi connectivity index (χ4v) is 1.34. The summed E-state index contributed by atoms with van der Waals surface area (Å²) in [6.45, 7) is 5.51. The average molecular weight is 217 g/mol. The van der Waals surface area contributed by atoms with E-state index in [-0.39, 0.29) is 11.8 Å². The van der Waals surface area contributed by atoms with Gasteiger partial charge in [0.2, 0.25) is 5.91 Å². The van der Waals surface area contributed by atoms with Gasteiger partial charge in [-0.25, -0.2) is 0 Å². The zero-order valence-corrected chi connectivity index (χ0v) is 9.69. The molecule has 84 valence electrons. The maximum Gasteiger partial charge on any atom is 0.242 e. The maximum absolute atomic E-state index is 11.8. The number of hydrogen-bond acceptors (Lipinski definition) is 3. The zero-order chi connectivity index (χ0) is 12.1. The highest BCUT2D eigenvalue weighted by Gasteiger charge is 2.21. The van der Waals surface area contributed by atoms with Gasteiger partial charge in [-0.2, -0.15) is 5.26 Å². The van der Waals surface area contributed by atoms with Crippen molar-refractivity contribution in [2.45, 2.75) is 20.8 Å². The lowest BCUT2D eigenvalue weighted by Crippen LogP contribution is -2.26. The number of aryl methyl sites for hydroxylation is 1. The fraction of sp³-hybridized carbons (Fsp3) is 0.417. The summed E-state index contributed by atoms with van der Waals surface area (Å²) in [5.74, 6) is -0.893. The number of hydrogen-bond donors (Lipinski definition) is 1. The first-order chi connectivity index (χ1) is 7.56. The van der Waals surface area contributed by atoms with Crippen molar-refractivity contribution in [3.05, 3.63) is 24.0 Å². The van der Waals surface area contributed by atoms with Gasteiger partial charge in [0.1, 0.15) is 5.92 Å². The van der Waals surface area contributed by atoms with Gasteiger partial charge >= 0.3 is 0 Å². The van der Waals surface area contributed by atoms with E-state index in [2.05, 4.69) is 10.3 Å². The molecule has 1 rings (SSSR count). The third-order valence-corrected chi connectivity index (χ3v) is 2.35. The minimum absolute atomic E-state index is 0.00183. The molecule has 0 aromatic carbocycles. The molecule has 1 atom stereocenters. The molecule has 1 amide bonds. The van der Waals surface area contributed by atoms with Crippen LogP contribution in [0.4, 0.5) is 5.69 Å². The van der Waals surface area contributed by atoms with E-state index in [0.717, 1.165) is 5.69 Å². The molecule has 0 fully saturated rings. The van der Waals surface area contributed by atoms with Gasteiger partial charge in [0.25, 0.3) is 0 Å². The molecule has 0 saturated heterocycles. The van der Waals surface area contributed by atoms with Crippen molar-refractivity contribution in [3.8, 4) is 6.07 Å². The summed E-state index contributed by atoms with van der Waals surface area (Å²) in [5, 5.41) is 11.6. The van der Waals surface area contributed by atoms with Crippen LogP contribution in [0.15, 0.2) is 18.3 Å². The fourth-order valence-electron chi connectivity index (χ4n) is 1.34. The maximum atomic E-state index is 11.8. The molecule has 1 N–H and O–H groups in total. The molecule has 0 aliphatic rings. The summed E-state index contributed by atoms with van der Waals surface area (Å²) in [4.78, 5) is 15.8. The van der Waals surface area contributed by atoms with Crippen molar-refractivity contribution >= 4 is 11.6 Å². The molecule has 0 aliphatic carbocycles. The molecule has 0 radical (unpaired) electrons. The van der Waals surface area contributed by atoms with Gasteiger partial charge in [0, 0.05) is 6.20 Å². The predicted octanol–water partition coefficient (Wildman–Crippen LogP) is 2.12. The van der Waals surface area contributed by atoms with Crippen LogP contribution in [-0.4, -0.2) is 10.9 Å². The molecule has 1 heterocycles. The normalized spacial score (nSPS) is 11.9. The van der Waals surface area contributed by atoms with Gasteiger partial charge in [-0.1, -0.05) is 13.8 Å². The summed E-state index contributed by atoms with van der Waals surface area (Å²) in [6, 6.07) is 5.53. The highest BCUT2D eigenvalue weighted by molar-refractivity contribution is 5.94. The molecular weight excluding hydrogens is 202 g/mol. The van der Waals surface area contributed by atoms with E-state index in [9.17, 15) is 4.79 Å². The van der Waals surface area contributed by atoms with E-state index in [1.165, 1.54) is 0 Å². The number of carbonyl (C=O) groups excluding carboxylic acids is 1. The van der Waals surface area contributed by atoms with Crippen LogP contribution in [0.1, 0.15) is 19.5 Å². The second-order valence-electron chi connectivity index (χ2n) is 3.98. The summed E-state index contributed by atoms with van der Waals surface area (Å²) < 4.78 is 0. The van der Waals surface area contributed by atoms with Crippen LogP contribution in [0.3, 0.4) is 0 Å². The molecule has 1 unspecified atom stereocenters. The molecule has 0 bridgehead atoms. The minimum Gasteiger partial charge on any atom is -0.323 e. The van der Waals surface area contributed by atoms with Gasteiger partial charge in [0.05, 0.1) is 17.5 Å². The Morgan fingerprint density at radius 3 is 2.75 bits per heavy atom. The van der Waals surface area contributed by atoms with Crippen molar-refractivity contribution in [1.82, 2.24) is 4.98 Å². The van der Waals surface area contributed by atoms with Crippen molar-refractivity contribution in [3.63, 3.8) is 0 Å². The van der Waals surface area contributed by atoms with Crippen LogP contribution in [0.2, 0.25) is 0 Å². The van der Waals surface area contributed by atoms with E-state index >= 15 is 0 Å². The number of pyridine rings is 1. The number of nitriles is 1. The van der Waals surface area contributed by atoms with E-state index < -0.39 is 5.92 Å². The van der Waals surface area contributed by atoms with Crippen LogP contribution < -0.4 is 5.32 Å². The molecule has 4 nitrogen and oxygen atoms in total. The van der Waals surface area contributed by atoms with Gasteiger partial charge in [-0.15, -0.1) is 0 Å². The lowest BCUT2D eigenvalue weighted by molar-refractivity contribution is -0.119. The summed E-state index contributed by atoms with van der Waals surface area (Å²) in [7, 11) is 0. The molecule has 16 heavy (non-hydrogen) atoms. The molecule has 1 aromatic rings. The summed E-state index contributed by atoms with van der Waals surface area (Å²) in [5.41, 5.74) is 1.41. The average Bonchev–Trinajstić information content (AvgIpc) is 2.22. The highest BCUT2D eigenvalue weighted by atomic mass is 16.1. The lowest BCUT2D eigenvalue weighted by atomic mass is 9.96. The van der Waals surface area contributed by atoms with Crippen molar-refractivity contribution in [2.75, 3.05) is 5.32 Å². The predicted molar refractivity (Wildman–Crippen MR) is 61.5 cm³/mol. The van der Waals surface area contributed by atoms with Crippen LogP contribution in [0.5, 0.6) is 0 Å². The van der Waals surface area contributed by atoms with E-state index in [1.54, 1.807) is 18.3 Å². The highest BCUT2D eigenvalue weighted by Crippen LogP contribution is 2.15. The second kappa shape index (κ2) is 5.26. The molecular formula is C12H15N3O. The van der Waals surface area contributed by atoms with Crippen molar-refractivity contribution in [2.24, 2.45) is 11.8 Å². The topological polar surface area (TPSA) is 65.8 Å². The van der Waals surface area contributed by atoms with Gasteiger partial charge in [-0.05, 0) is 25.0 Å². The quantitative estimate of drug-likeness (QED) is 0.843. The van der Waals surface area contributed by atoms with E-state index in [4.69, 9.17) is 5.26 Å². The van der Waals surface area contributed by atoms with Crippen LogP contribution >= 0.6 is 0 Å².